The van der Waals surface area contributed by atoms with E-state index in [0.717, 1.165) is 11.1 Å². The highest BCUT2D eigenvalue weighted by Crippen LogP contribution is 2.13. The van der Waals surface area contributed by atoms with Gasteiger partial charge in [-0.3, -0.25) is 9.79 Å². The number of carbonyl (C=O) groups is 1. The lowest BCUT2D eigenvalue weighted by atomic mass is 10.0. The van der Waals surface area contributed by atoms with Gasteiger partial charge in [-0.2, -0.15) is 0 Å². The Balaban J connectivity index is 1.67. The van der Waals surface area contributed by atoms with E-state index < -0.39 is 0 Å². The van der Waals surface area contributed by atoms with E-state index in [9.17, 15) is 14.3 Å². The van der Waals surface area contributed by atoms with Gasteiger partial charge in [0.25, 0.3) is 0 Å². The molecule has 0 saturated carbocycles. The maximum Gasteiger partial charge on any atom is 0.224 e. The van der Waals surface area contributed by atoms with Crippen LogP contribution in [0, 0.1) is 5.82 Å². The number of halogens is 1. The number of aliphatic imine (C=N–C) groups is 1. The Kier molecular flexibility index (Phi) is 8.94. The Morgan fingerprint density at radius 1 is 1.04 bits per heavy atom. The van der Waals surface area contributed by atoms with Crippen molar-refractivity contribution >= 4 is 11.9 Å². The van der Waals surface area contributed by atoms with Gasteiger partial charge in [0, 0.05) is 32.6 Å². The zero-order valence-corrected chi connectivity index (χ0v) is 16.0. The number of carbonyl (C=O) groups excluding carboxylic acids is 1. The molecule has 0 spiro atoms. The molecule has 2 aromatic rings. The van der Waals surface area contributed by atoms with Crippen LogP contribution in [-0.2, 0) is 11.2 Å². The van der Waals surface area contributed by atoms with E-state index in [2.05, 4.69) is 20.9 Å². The lowest BCUT2D eigenvalue weighted by Gasteiger charge is -2.18. The quantitative estimate of drug-likeness (QED) is 0.298. The van der Waals surface area contributed by atoms with Crippen molar-refractivity contribution in [3.8, 4) is 0 Å². The molecule has 0 heterocycles. The molecule has 150 valence electrons. The van der Waals surface area contributed by atoms with Crippen LogP contribution in [0.15, 0.2) is 59.6 Å². The van der Waals surface area contributed by atoms with Crippen molar-refractivity contribution in [1.29, 1.82) is 0 Å². The molecule has 7 heteroatoms. The van der Waals surface area contributed by atoms with Crippen LogP contribution in [0.1, 0.15) is 17.0 Å². The summed E-state index contributed by atoms with van der Waals surface area (Å²) in [4.78, 5) is 16.1. The topological polar surface area (TPSA) is 85.8 Å². The van der Waals surface area contributed by atoms with Crippen LogP contribution < -0.4 is 16.0 Å². The van der Waals surface area contributed by atoms with Crippen LogP contribution >= 0.6 is 0 Å². The number of guanidine groups is 1. The third-order valence-electron chi connectivity index (χ3n) is 4.25. The average molecular weight is 386 g/mol. The maximum atomic E-state index is 12.9. The van der Waals surface area contributed by atoms with Crippen LogP contribution in [0.4, 0.5) is 4.39 Å². The van der Waals surface area contributed by atoms with Gasteiger partial charge < -0.3 is 21.1 Å². The first kappa shape index (κ1) is 21.4. The molecule has 1 amide bonds. The fraction of sp³-hybridized carbons (Fsp3) is 0.333. The van der Waals surface area contributed by atoms with Crippen molar-refractivity contribution in [2.45, 2.75) is 12.3 Å². The van der Waals surface area contributed by atoms with E-state index in [1.54, 1.807) is 19.2 Å². The first-order chi connectivity index (χ1) is 13.6. The number of aliphatic hydroxyl groups excluding tert-OH is 1. The van der Waals surface area contributed by atoms with Crippen molar-refractivity contribution in [3.05, 3.63) is 71.5 Å². The fourth-order valence-corrected chi connectivity index (χ4v) is 2.69. The van der Waals surface area contributed by atoms with Gasteiger partial charge in [-0.25, -0.2) is 4.39 Å². The van der Waals surface area contributed by atoms with Gasteiger partial charge in [0.1, 0.15) is 5.82 Å². The molecule has 0 bridgehead atoms. The molecule has 2 rings (SSSR count). The summed E-state index contributed by atoms with van der Waals surface area (Å²) in [6.45, 7) is 1.51. The van der Waals surface area contributed by atoms with Gasteiger partial charge in [-0.05, 0) is 23.3 Å². The lowest BCUT2D eigenvalue weighted by molar-refractivity contribution is -0.120. The zero-order valence-electron chi connectivity index (χ0n) is 16.0. The summed E-state index contributed by atoms with van der Waals surface area (Å²) in [7, 11) is 1.67. The second-order valence-corrected chi connectivity index (χ2v) is 6.32. The summed E-state index contributed by atoms with van der Waals surface area (Å²) in [5, 5.41) is 18.7. The van der Waals surface area contributed by atoms with Gasteiger partial charge in [-0.15, -0.1) is 0 Å². The second-order valence-electron chi connectivity index (χ2n) is 6.32. The minimum absolute atomic E-state index is 0.0323. The largest absolute Gasteiger partial charge is 0.396 e. The predicted octanol–water partition coefficient (Wildman–Crippen LogP) is 1.43. The van der Waals surface area contributed by atoms with Crippen molar-refractivity contribution in [1.82, 2.24) is 16.0 Å². The number of nitrogens with zero attached hydrogens (tertiary/aromatic N) is 1. The molecule has 0 radical (unpaired) electrons. The summed E-state index contributed by atoms with van der Waals surface area (Å²) in [5.41, 5.74) is 1.82. The average Bonchev–Trinajstić information content (AvgIpc) is 2.72. The van der Waals surface area contributed by atoms with Gasteiger partial charge >= 0.3 is 0 Å². The molecular weight excluding hydrogens is 359 g/mol. The molecule has 4 N–H and O–H groups in total. The van der Waals surface area contributed by atoms with Crippen molar-refractivity contribution in [3.63, 3.8) is 0 Å². The number of aliphatic hydroxyl groups is 1. The molecule has 2 aromatic carbocycles. The predicted molar refractivity (Wildman–Crippen MR) is 109 cm³/mol. The zero-order chi connectivity index (χ0) is 20.2. The minimum atomic E-state index is -0.317. The number of hydrogen-bond acceptors (Lipinski definition) is 3. The Morgan fingerprint density at radius 3 is 2.36 bits per heavy atom. The highest BCUT2D eigenvalue weighted by molar-refractivity contribution is 5.80. The number of hydrogen-bond donors (Lipinski definition) is 4. The smallest absolute Gasteiger partial charge is 0.224 e. The third kappa shape index (κ3) is 7.36. The molecule has 1 atom stereocenters. The molecule has 0 aliphatic heterocycles. The summed E-state index contributed by atoms with van der Waals surface area (Å²) in [6, 6.07) is 15.7. The van der Waals surface area contributed by atoms with Gasteiger partial charge in [0.2, 0.25) is 5.91 Å². The number of amides is 1. The Bertz CT molecular complexity index is 751. The summed E-state index contributed by atoms with van der Waals surface area (Å²) in [5.74, 6) is 0.126. The molecule has 6 nitrogen and oxygen atoms in total. The normalized spacial score (nSPS) is 12.3. The van der Waals surface area contributed by atoms with Gasteiger partial charge in [0.15, 0.2) is 5.96 Å². The number of nitrogens with one attached hydrogen (secondary N) is 3. The van der Waals surface area contributed by atoms with Crippen molar-refractivity contribution in [2.75, 3.05) is 33.3 Å². The van der Waals surface area contributed by atoms with E-state index in [0.29, 0.717) is 25.6 Å². The van der Waals surface area contributed by atoms with Gasteiger partial charge in [0.05, 0.1) is 13.0 Å². The fourth-order valence-electron chi connectivity index (χ4n) is 2.69. The molecule has 0 aliphatic rings. The molecule has 0 aliphatic carbocycles. The molecule has 1 unspecified atom stereocenters. The first-order valence-corrected chi connectivity index (χ1v) is 9.24. The van der Waals surface area contributed by atoms with E-state index >= 15 is 0 Å². The van der Waals surface area contributed by atoms with Crippen LogP contribution in [0.25, 0.3) is 0 Å². The Labute approximate surface area is 164 Å². The molecule has 0 aromatic heterocycles. The van der Waals surface area contributed by atoms with E-state index in [1.165, 1.54) is 12.1 Å². The molecule has 0 saturated heterocycles. The van der Waals surface area contributed by atoms with Crippen LogP contribution in [0.3, 0.4) is 0 Å². The summed E-state index contributed by atoms with van der Waals surface area (Å²) in [6.07, 6.45) is 0.211. The molecular formula is C21H27FN4O2. The van der Waals surface area contributed by atoms with E-state index in [-0.39, 0.29) is 30.7 Å². The summed E-state index contributed by atoms with van der Waals surface area (Å²) < 4.78 is 12.9. The van der Waals surface area contributed by atoms with Crippen LogP contribution in [-0.4, -0.2) is 50.3 Å². The van der Waals surface area contributed by atoms with Crippen LogP contribution in [0.5, 0.6) is 0 Å². The SMILES string of the molecule is CN=C(NCCNC(=O)Cc1ccc(F)cc1)NCC(CO)c1ccccc1. The van der Waals surface area contributed by atoms with Crippen molar-refractivity contribution in [2.24, 2.45) is 4.99 Å². The first-order valence-electron chi connectivity index (χ1n) is 9.24. The molecule has 0 fully saturated rings. The maximum absolute atomic E-state index is 12.9. The Morgan fingerprint density at radius 2 is 1.71 bits per heavy atom. The van der Waals surface area contributed by atoms with Gasteiger partial charge in [-0.1, -0.05) is 42.5 Å². The van der Waals surface area contributed by atoms with E-state index in [1.807, 2.05) is 30.3 Å². The number of rotatable bonds is 9. The minimum Gasteiger partial charge on any atom is -0.396 e. The molecule has 28 heavy (non-hydrogen) atoms. The third-order valence-corrected chi connectivity index (χ3v) is 4.25. The standard InChI is InChI=1S/C21H27FN4O2/c1-23-21(26-14-18(15-27)17-5-3-2-4-6-17)25-12-11-24-20(28)13-16-7-9-19(22)10-8-16/h2-10,18,27H,11-15H2,1H3,(H,24,28)(H2,23,25,26). The second kappa shape index (κ2) is 11.7. The monoisotopic (exact) mass is 386 g/mol. The lowest BCUT2D eigenvalue weighted by Crippen LogP contribution is -2.43. The van der Waals surface area contributed by atoms with Crippen molar-refractivity contribution < 1.29 is 14.3 Å². The van der Waals surface area contributed by atoms with Crippen LogP contribution in [0.2, 0.25) is 0 Å². The van der Waals surface area contributed by atoms with E-state index in [4.69, 9.17) is 0 Å². The highest BCUT2D eigenvalue weighted by Gasteiger charge is 2.10. The number of benzene rings is 2. The summed E-state index contributed by atoms with van der Waals surface area (Å²) >= 11 is 0. The Hall–Kier alpha value is -2.93. The highest BCUT2D eigenvalue weighted by atomic mass is 19.1.